The van der Waals surface area contributed by atoms with Crippen LogP contribution in [0.15, 0.2) is 36.2 Å². The van der Waals surface area contributed by atoms with Gasteiger partial charge in [0.1, 0.15) is 5.70 Å². The molecule has 1 saturated heterocycles. The van der Waals surface area contributed by atoms with E-state index in [0.717, 1.165) is 11.0 Å². The number of para-hydroxylation sites is 2. The van der Waals surface area contributed by atoms with Gasteiger partial charge in [-0.15, -0.1) is 0 Å². The Kier molecular flexibility index (Phi) is 2.49. The fourth-order valence-corrected chi connectivity index (χ4v) is 1.87. The average molecular weight is 256 g/mol. The lowest BCUT2D eigenvalue weighted by molar-refractivity contribution is -0.115. The first-order valence-electron chi connectivity index (χ1n) is 5.28. The zero-order chi connectivity index (χ0) is 12.5. The molecule has 2 aromatic rings. The molecule has 88 valence electrons. The molecule has 2 heterocycles. The quantitative estimate of drug-likeness (QED) is 0.588. The Labute approximate surface area is 108 Å². The summed E-state index contributed by atoms with van der Waals surface area (Å²) in [4.78, 5) is 20.1. The fourth-order valence-electron chi connectivity index (χ4n) is 1.67. The number of benzene rings is 1. The highest BCUT2D eigenvalue weighted by Gasteiger charge is 2.20. The Hall–Kier alpha value is -2.34. The van der Waals surface area contributed by atoms with E-state index >= 15 is 0 Å². The van der Waals surface area contributed by atoms with Crippen molar-refractivity contribution in [3.05, 3.63) is 41.9 Å². The average Bonchev–Trinajstić information content (AvgIpc) is 2.68. The van der Waals surface area contributed by atoms with Gasteiger partial charge in [0, 0.05) is 0 Å². The van der Waals surface area contributed by atoms with Crippen LogP contribution in [-0.2, 0) is 4.79 Å². The minimum atomic E-state index is -0.255. The number of aromatic nitrogens is 2. The molecule has 1 amide bonds. The molecule has 1 aromatic carbocycles. The molecule has 6 heteroatoms. The van der Waals surface area contributed by atoms with Crippen LogP contribution in [0.4, 0.5) is 0 Å². The maximum absolute atomic E-state index is 11.5. The van der Waals surface area contributed by atoms with Crippen LogP contribution in [-0.4, -0.2) is 21.0 Å². The summed E-state index contributed by atoms with van der Waals surface area (Å²) in [5.74, 6) is -0.255. The Morgan fingerprint density at radius 3 is 2.67 bits per heavy atom. The van der Waals surface area contributed by atoms with Gasteiger partial charge in [-0.1, -0.05) is 12.1 Å². The molecule has 0 radical (unpaired) electrons. The molecule has 3 rings (SSSR count). The molecule has 0 spiro atoms. The first kappa shape index (κ1) is 10.8. The van der Waals surface area contributed by atoms with Gasteiger partial charge in [-0.2, -0.15) is 0 Å². The summed E-state index contributed by atoms with van der Waals surface area (Å²) >= 11 is 4.85. The lowest BCUT2D eigenvalue weighted by atomic mass is 10.2. The molecule has 18 heavy (non-hydrogen) atoms. The topological polar surface area (TPSA) is 66.9 Å². The van der Waals surface area contributed by atoms with E-state index in [9.17, 15) is 4.79 Å². The Balaban J connectivity index is 2.02. The molecule has 0 bridgehead atoms. The first-order valence-corrected chi connectivity index (χ1v) is 5.69. The molecule has 0 aliphatic carbocycles. The minimum absolute atomic E-state index is 0.255. The van der Waals surface area contributed by atoms with Gasteiger partial charge < -0.3 is 5.32 Å². The molecular weight excluding hydrogens is 248 g/mol. The summed E-state index contributed by atoms with van der Waals surface area (Å²) in [5.41, 5.74) is 2.59. The minimum Gasteiger partial charge on any atom is -0.328 e. The van der Waals surface area contributed by atoms with Gasteiger partial charge in [0.15, 0.2) is 5.11 Å². The van der Waals surface area contributed by atoms with Crippen molar-refractivity contribution in [2.75, 3.05) is 0 Å². The van der Waals surface area contributed by atoms with Gasteiger partial charge in [-0.25, -0.2) is 4.98 Å². The molecule has 0 atom stereocenters. The lowest BCUT2D eigenvalue weighted by Gasteiger charge is -1.98. The number of fused-ring (bicyclic) bond motifs is 1. The number of hydrogen-bond donors (Lipinski definition) is 2. The van der Waals surface area contributed by atoms with E-state index in [-0.39, 0.29) is 5.91 Å². The Morgan fingerprint density at radius 1 is 1.17 bits per heavy atom. The maximum Gasteiger partial charge on any atom is 0.273 e. The zero-order valence-corrected chi connectivity index (χ0v) is 9.99. The third-order valence-electron chi connectivity index (χ3n) is 2.48. The molecule has 1 aromatic heterocycles. The SMILES string of the molecule is O=C1NC(=S)N/C1=C\c1cnc2ccccc2n1. The standard InChI is InChI=1S/C12H8N4OS/c17-11-10(15-12(18)16-11)5-7-6-13-8-3-1-2-4-9(8)14-7/h1-6H,(H2,15,16,17,18)/b10-5-. The predicted octanol–water partition coefficient (Wildman–Crippen LogP) is 0.975. The van der Waals surface area contributed by atoms with Gasteiger partial charge in [0.2, 0.25) is 0 Å². The number of carbonyl (C=O) groups is 1. The predicted molar refractivity (Wildman–Crippen MR) is 71.4 cm³/mol. The monoisotopic (exact) mass is 256 g/mol. The third kappa shape index (κ3) is 1.93. The Morgan fingerprint density at radius 2 is 1.94 bits per heavy atom. The van der Waals surface area contributed by atoms with Crippen molar-refractivity contribution >= 4 is 40.3 Å². The van der Waals surface area contributed by atoms with Crippen LogP contribution in [0.25, 0.3) is 17.1 Å². The largest absolute Gasteiger partial charge is 0.328 e. The molecular formula is C12H8N4OS. The highest BCUT2D eigenvalue weighted by Crippen LogP contribution is 2.11. The van der Waals surface area contributed by atoms with Crippen molar-refractivity contribution in [3.63, 3.8) is 0 Å². The van der Waals surface area contributed by atoms with Gasteiger partial charge in [0.05, 0.1) is 22.9 Å². The van der Waals surface area contributed by atoms with Crippen LogP contribution in [0, 0.1) is 0 Å². The smallest absolute Gasteiger partial charge is 0.273 e. The van der Waals surface area contributed by atoms with E-state index in [4.69, 9.17) is 12.2 Å². The second kappa shape index (κ2) is 4.15. The van der Waals surface area contributed by atoms with E-state index < -0.39 is 0 Å². The molecule has 1 aliphatic heterocycles. The number of amides is 1. The summed E-state index contributed by atoms with van der Waals surface area (Å²) in [6.07, 6.45) is 3.24. The highest BCUT2D eigenvalue weighted by atomic mass is 32.1. The molecule has 5 nitrogen and oxygen atoms in total. The van der Waals surface area contributed by atoms with E-state index in [0.29, 0.717) is 16.5 Å². The second-order valence-corrected chi connectivity index (χ2v) is 4.16. The van der Waals surface area contributed by atoms with E-state index in [1.165, 1.54) is 0 Å². The lowest BCUT2D eigenvalue weighted by Crippen LogP contribution is -2.21. The van der Waals surface area contributed by atoms with Gasteiger partial charge in [0.25, 0.3) is 5.91 Å². The summed E-state index contributed by atoms with van der Waals surface area (Å²) in [5, 5.41) is 5.56. The zero-order valence-electron chi connectivity index (χ0n) is 9.18. The van der Waals surface area contributed by atoms with E-state index in [1.807, 2.05) is 24.3 Å². The summed E-state index contributed by atoms with van der Waals surface area (Å²) in [7, 11) is 0. The number of carbonyl (C=O) groups excluding carboxylic acids is 1. The second-order valence-electron chi connectivity index (χ2n) is 3.75. The Bertz CT molecular complexity index is 695. The van der Waals surface area contributed by atoms with Crippen molar-refractivity contribution in [2.24, 2.45) is 0 Å². The fraction of sp³-hybridized carbons (Fsp3) is 0. The van der Waals surface area contributed by atoms with Gasteiger partial charge >= 0.3 is 0 Å². The maximum atomic E-state index is 11.5. The van der Waals surface area contributed by atoms with Crippen molar-refractivity contribution in [3.8, 4) is 0 Å². The highest BCUT2D eigenvalue weighted by molar-refractivity contribution is 7.80. The molecule has 0 unspecified atom stereocenters. The van der Waals surface area contributed by atoms with Crippen LogP contribution in [0.3, 0.4) is 0 Å². The van der Waals surface area contributed by atoms with Crippen molar-refractivity contribution in [1.29, 1.82) is 0 Å². The number of nitrogens with zero attached hydrogens (tertiary/aromatic N) is 2. The first-order chi connectivity index (χ1) is 8.72. The molecule has 2 N–H and O–H groups in total. The van der Waals surface area contributed by atoms with Gasteiger partial charge in [-0.05, 0) is 30.4 Å². The van der Waals surface area contributed by atoms with Crippen LogP contribution < -0.4 is 10.6 Å². The van der Waals surface area contributed by atoms with Crippen molar-refractivity contribution in [1.82, 2.24) is 20.6 Å². The molecule has 1 fully saturated rings. The van der Waals surface area contributed by atoms with Crippen LogP contribution in [0.1, 0.15) is 5.69 Å². The number of rotatable bonds is 1. The van der Waals surface area contributed by atoms with E-state index in [1.54, 1.807) is 12.3 Å². The molecule has 1 aliphatic rings. The number of thiocarbonyl (C=S) groups is 1. The van der Waals surface area contributed by atoms with Crippen LogP contribution >= 0.6 is 12.2 Å². The summed E-state index contributed by atoms with van der Waals surface area (Å²) in [6, 6.07) is 7.55. The number of hydrogen-bond acceptors (Lipinski definition) is 4. The molecule has 0 saturated carbocycles. The summed E-state index contributed by atoms with van der Waals surface area (Å²) in [6.45, 7) is 0. The van der Waals surface area contributed by atoms with Crippen molar-refractivity contribution in [2.45, 2.75) is 0 Å². The normalized spacial score (nSPS) is 17.0. The third-order valence-corrected chi connectivity index (χ3v) is 2.68. The van der Waals surface area contributed by atoms with Crippen LogP contribution in [0.5, 0.6) is 0 Å². The van der Waals surface area contributed by atoms with E-state index in [2.05, 4.69) is 20.6 Å². The summed E-state index contributed by atoms with van der Waals surface area (Å²) < 4.78 is 0. The van der Waals surface area contributed by atoms with Crippen LogP contribution in [0.2, 0.25) is 0 Å². The van der Waals surface area contributed by atoms with Crippen molar-refractivity contribution < 1.29 is 4.79 Å². The number of nitrogens with one attached hydrogen (secondary N) is 2. The van der Waals surface area contributed by atoms with Gasteiger partial charge in [-0.3, -0.25) is 15.1 Å².